The highest BCUT2D eigenvalue weighted by Crippen LogP contribution is 1.94. The van der Waals surface area contributed by atoms with Crippen LogP contribution in [0.4, 0.5) is 4.79 Å². The van der Waals surface area contributed by atoms with E-state index in [9.17, 15) is 9.59 Å². The van der Waals surface area contributed by atoms with E-state index < -0.39 is 12.2 Å². The molecule has 0 aliphatic heterocycles. The van der Waals surface area contributed by atoms with Gasteiger partial charge in [0.2, 0.25) is 5.91 Å². The maximum absolute atomic E-state index is 11.0. The van der Waals surface area contributed by atoms with E-state index in [-0.39, 0.29) is 25.5 Å². The van der Waals surface area contributed by atoms with Crippen molar-refractivity contribution in [3.63, 3.8) is 0 Å². The average molecular weight is 204 g/mol. The highest BCUT2D eigenvalue weighted by atomic mass is 16.5. The molecule has 0 bridgehead atoms. The lowest BCUT2D eigenvalue weighted by molar-refractivity contribution is -0.121. The van der Waals surface area contributed by atoms with Crippen molar-refractivity contribution >= 4 is 12.0 Å². The number of nitrogens with one attached hydrogen (secondary N) is 1. The monoisotopic (exact) mass is 204 g/mol. The lowest BCUT2D eigenvalue weighted by Gasteiger charge is -2.06. The Morgan fingerprint density at radius 1 is 1.57 bits per heavy atom. The van der Waals surface area contributed by atoms with Crippen molar-refractivity contribution in [2.24, 2.45) is 5.73 Å². The van der Waals surface area contributed by atoms with Gasteiger partial charge in [-0.05, 0) is 13.3 Å². The van der Waals surface area contributed by atoms with Crippen LogP contribution >= 0.6 is 0 Å². The van der Waals surface area contributed by atoms with Crippen LogP contribution in [0.5, 0.6) is 0 Å². The van der Waals surface area contributed by atoms with Gasteiger partial charge in [0, 0.05) is 6.42 Å². The Balaban J connectivity index is 3.31. The van der Waals surface area contributed by atoms with Crippen LogP contribution in [-0.4, -0.2) is 36.4 Å². The molecule has 0 rings (SSSR count). The molecule has 2 amide bonds. The molecule has 0 aliphatic rings. The predicted molar refractivity (Wildman–Crippen MR) is 49.5 cm³/mol. The molecular formula is C8H16N2O4. The standard InChI is InChI=1S/C8H16N2O4/c1-6(11)2-3-7(12)10-4-5-14-8(9)13/h6,11H,2-5H2,1H3,(H2,9,13)(H,10,12). The molecule has 0 fully saturated rings. The Morgan fingerprint density at radius 3 is 2.71 bits per heavy atom. The third kappa shape index (κ3) is 8.79. The van der Waals surface area contributed by atoms with Gasteiger partial charge in [-0.25, -0.2) is 4.79 Å². The van der Waals surface area contributed by atoms with Gasteiger partial charge in [-0.3, -0.25) is 4.79 Å². The second-order valence-corrected chi connectivity index (χ2v) is 2.91. The van der Waals surface area contributed by atoms with Gasteiger partial charge >= 0.3 is 6.09 Å². The first-order valence-corrected chi connectivity index (χ1v) is 4.39. The van der Waals surface area contributed by atoms with E-state index in [1.807, 2.05) is 0 Å². The van der Waals surface area contributed by atoms with Crippen LogP contribution in [0, 0.1) is 0 Å². The van der Waals surface area contributed by atoms with E-state index in [2.05, 4.69) is 10.1 Å². The van der Waals surface area contributed by atoms with Gasteiger partial charge in [-0.15, -0.1) is 0 Å². The molecule has 0 saturated carbocycles. The summed E-state index contributed by atoms with van der Waals surface area (Å²) in [5, 5.41) is 11.4. The number of hydrogen-bond donors (Lipinski definition) is 3. The van der Waals surface area contributed by atoms with Crippen molar-refractivity contribution < 1.29 is 19.4 Å². The fraction of sp³-hybridized carbons (Fsp3) is 0.750. The molecule has 0 aromatic rings. The van der Waals surface area contributed by atoms with E-state index in [1.165, 1.54) is 0 Å². The molecular weight excluding hydrogens is 188 g/mol. The fourth-order valence-corrected chi connectivity index (χ4v) is 0.770. The van der Waals surface area contributed by atoms with Crippen molar-refractivity contribution in [1.82, 2.24) is 5.32 Å². The number of rotatable bonds is 6. The normalized spacial score (nSPS) is 11.9. The number of ether oxygens (including phenoxy) is 1. The number of aliphatic hydroxyl groups excluding tert-OH is 1. The van der Waals surface area contributed by atoms with Crippen molar-refractivity contribution in [2.75, 3.05) is 13.2 Å². The van der Waals surface area contributed by atoms with E-state index in [1.54, 1.807) is 6.92 Å². The summed E-state index contributed by atoms with van der Waals surface area (Å²) in [5.41, 5.74) is 4.70. The Hall–Kier alpha value is -1.30. The maximum Gasteiger partial charge on any atom is 0.404 e. The first kappa shape index (κ1) is 12.7. The SMILES string of the molecule is CC(O)CCC(=O)NCCOC(N)=O. The van der Waals surface area contributed by atoms with E-state index in [4.69, 9.17) is 10.8 Å². The second kappa shape index (κ2) is 7.14. The fourth-order valence-electron chi connectivity index (χ4n) is 0.770. The minimum absolute atomic E-state index is 0.0652. The summed E-state index contributed by atoms with van der Waals surface area (Å²) in [4.78, 5) is 21.1. The molecule has 0 radical (unpaired) electrons. The third-order valence-corrected chi connectivity index (χ3v) is 1.46. The first-order chi connectivity index (χ1) is 6.52. The van der Waals surface area contributed by atoms with Crippen molar-refractivity contribution in [2.45, 2.75) is 25.9 Å². The Kier molecular flexibility index (Phi) is 6.47. The van der Waals surface area contributed by atoms with Crippen molar-refractivity contribution in [3.05, 3.63) is 0 Å². The Labute approximate surface area is 82.4 Å². The number of primary amides is 1. The summed E-state index contributed by atoms with van der Waals surface area (Å²) < 4.78 is 4.39. The van der Waals surface area contributed by atoms with Crippen LogP contribution in [0.15, 0.2) is 0 Å². The topological polar surface area (TPSA) is 102 Å². The Bertz CT molecular complexity index is 194. The maximum atomic E-state index is 11.0. The van der Waals surface area contributed by atoms with Gasteiger partial charge in [0.1, 0.15) is 6.61 Å². The predicted octanol–water partition coefficient (Wildman–Crippen LogP) is -0.641. The second-order valence-electron chi connectivity index (χ2n) is 2.91. The molecule has 0 aromatic carbocycles. The average Bonchev–Trinajstić information content (AvgIpc) is 2.08. The molecule has 0 heterocycles. The first-order valence-electron chi connectivity index (χ1n) is 4.39. The zero-order valence-corrected chi connectivity index (χ0v) is 8.16. The minimum Gasteiger partial charge on any atom is -0.448 e. The molecule has 0 aromatic heterocycles. The molecule has 1 atom stereocenters. The zero-order valence-electron chi connectivity index (χ0n) is 8.16. The van der Waals surface area contributed by atoms with Crippen LogP contribution in [0.25, 0.3) is 0 Å². The molecule has 14 heavy (non-hydrogen) atoms. The van der Waals surface area contributed by atoms with E-state index in [0.29, 0.717) is 6.42 Å². The number of amides is 2. The summed E-state index contributed by atoms with van der Waals surface area (Å²) in [7, 11) is 0. The zero-order chi connectivity index (χ0) is 11.0. The van der Waals surface area contributed by atoms with Gasteiger partial charge < -0.3 is 20.9 Å². The molecule has 6 nitrogen and oxygen atoms in total. The molecule has 1 unspecified atom stereocenters. The molecule has 4 N–H and O–H groups in total. The van der Waals surface area contributed by atoms with Gasteiger partial charge in [0.25, 0.3) is 0 Å². The quantitative estimate of drug-likeness (QED) is 0.501. The largest absolute Gasteiger partial charge is 0.448 e. The smallest absolute Gasteiger partial charge is 0.404 e. The van der Waals surface area contributed by atoms with Crippen LogP contribution in [0.3, 0.4) is 0 Å². The van der Waals surface area contributed by atoms with E-state index in [0.717, 1.165) is 0 Å². The van der Waals surface area contributed by atoms with Gasteiger partial charge in [-0.2, -0.15) is 0 Å². The molecule has 6 heteroatoms. The number of aliphatic hydroxyl groups is 1. The highest BCUT2D eigenvalue weighted by molar-refractivity contribution is 5.75. The molecule has 0 aliphatic carbocycles. The van der Waals surface area contributed by atoms with Crippen LogP contribution in [-0.2, 0) is 9.53 Å². The lowest BCUT2D eigenvalue weighted by atomic mass is 10.2. The van der Waals surface area contributed by atoms with Crippen LogP contribution in [0.2, 0.25) is 0 Å². The number of carbonyl (C=O) groups excluding carboxylic acids is 2. The van der Waals surface area contributed by atoms with Gasteiger partial charge in [0.05, 0.1) is 12.6 Å². The van der Waals surface area contributed by atoms with Crippen LogP contribution < -0.4 is 11.1 Å². The molecule has 0 saturated heterocycles. The number of hydrogen-bond acceptors (Lipinski definition) is 4. The Morgan fingerprint density at radius 2 is 2.21 bits per heavy atom. The van der Waals surface area contributed by atoms with E-state index >= 15 is 0 Å². The summed E-state index contributed by atoms with van der Waals surface area (Å²) >= 11 is 0. The van der Waals surface area contributed by atoms with Crippen molar-refractivity contribution in [1.29, 1.82) is 0 Å². The number of carbonyl (C=O) groups is 2. The third-order valence-electron chi connectivity index (χ3n) is 1.46. The minimum atomic E-state index is -0.858. The molecule has 0 spiro atoms. The summed E-state index contributed by atoms with van der Waals surface area (Å²) in [6.07, 6.45) is -0.664. The summed E-state index contributed by atoms with van der Waals surface area (Å²) in [6.45, 7) is 1.92. The van der Waals surface area contributed by atoms with Crippen molar-refractivity contribution in [3.8, 4) is 0 Å². The molecule has 82 valence electrons. The summed E-state index contributed by atoms with van der Waals surface area (Å²) in [6, 6.07) is 0. The number of nitrogens with two attached hydrogens (primary N) is 1. The summed E-state index contributed by atoms with van der Waals surface area (Å²) in [5.74, 6) is -0.182. The lowest BCUT2D eigenvalue weighted by Crippen LogP contribution is -2.29. The van der Waals surface area contributed by atoms with Gasteiger partial charge in [0.15, 0.2) is 0 Å². The van der Waals surface area contributed by atoms with Gasteiger partial charge in [-0.1, -0.05) is 0 Å². The highest BCUT2D eigenvalue weighted by Gasteiger charge is 2.03. The van der Waals surface area contributed by atoms with Crippen LogP contribution in [0.1, 0.15) is 19.8 Å².